The Labute approximate surface area is 114 Å². The van der Waals surface area contributed by atoms with E-state index in [0.717, 1.165) is 5.75 Å². The van der Waals surface area contributed by atoms with Crippen LogP contribution in [-0.4, -0.2) is 7.11 Å². The summed E-state index contributed by atoms with van der Waals surface area (Å²) in [5.41, 5.74) is 3.92. The van der Waals surface area contributed by atoms with Crippen molar-refractivity contribution in [3.63, 3.8) is 0 Å². The van der Waals surface area contributed by atoms with Gasteiger partial charge in [0, 0.05) is 0 Å². The second kappa shape index (κ2) is 4.93. The Bertz CT molecular complexity index is 568. The third-order valence-electron chi connectivity index (χ3n) is 3.93. The van der Waals surface area contributed by atoms with Crippen molar-refractivity contribution in [1.29, 1.82) is 0 Å². The third-order valence-corrected chi connectivity index (χ3v) is 3.93. The largest absolute Gasteiger partial charge is 0.497 e. The molecule has 3 rings (SSSR count). The van der Waals surface area contributed by atoms with E-state index in [4.69, 9.17) is 4.74 Å². The van der Waals surface area contributed by atoms with Gasteiger partial charge in [-0.2, -0.15) is 0 Å². The summed E-state index contributed by atoms with van der Waals surface area (Å²) in [6, 6.07) is 18.9. The molecular formula is C18H18O. The smallest absolute Gasteiger partial charge is 0.118 e. The molecule has 1 fully saturated rings. The van der Waals surface area contributed by atoms with Crippen molar-refractivity contribution in [2.45, 2.75) is 12.3 Å². The standard InChI is InChI=1S/C18H18O/c1-13(14-6-4-3-5-7-14)17-12-18(17)15-8-10-16(19-2)11-9-15/h3-11,17-18H,1,12H2,2H3/t17-,18-/m1/s1. The monoisotopic (exact) mass is 250 g/mol. The normalized spacial score (nSPS) is 20.9. The molecule has 2 aromatic carbocycles. The molecule has 0 amide bonds. The molecule has 0 N–H and O–H groups in total. The van der Waals surface area contributed by atoms with Crippen LogP contribution < -0.4 is 4.74 Å². The van der Waals surface area contributed by atoms with E-state index in [-0.39, 0.29) is 0 Å². The summed E-state index contributed by atoms with van der Waals surface area (Å²) in [6.07, 6.45) is 1.21. The Hall–Kier alpha value is -2.02. The van der Waals surface area contributed by atoms with Crippen LogP contribution in [-0.2, 0) is 0 Å². The maximum atomic E-state index is 5.20. The molecule has 0 aromatic heterocycles. The number of rotatable bonds is 4. The lowest BCUT2D eigenvalue weighted by molar-refractivity contribution is 0.414. The van der Waals surface area contributed by atoms with E-state index in [1.807, 2.05) is 18.2 Å². The van der Waals surface area contributed by atoms with Crippen molar-refractivity contribution in [2.75, 3.05) is 7.11 Å². The van der Waals surface area contributed by atoms with Crippen molar-refractivity contribution >= 4 is 5.57 Å². The molecule has 1 saturated carbocycles. The van der Waals surface area contributed by atoms with Crippen molar-refractivity contribution in [3.8, 4) is 5.75 Å². The van der Waals surface area contributed by atoms with Crippen LogP contribution in [0, 0.1) is 5.92 Å². The van der Waals surface area contributed by atoms with Gasteiger partial charge in [0.1, 0.15) is 5.75 Å². The second-order valence-corrected chi connectivity index (χ2v) is 5.11. The Morgan fingerprint density at radius 3 is 2.37 bits per heavy atom. The van der Waals surface area contributed by atoms with Crippen LogP contribution >= 0.6 is 0 Å². The number of allylic oxidation sites excluding steroid dienone is 1. The van der Waals surface area contributed by atoms with Crippen molar-refractivity contribution in [1.82, 2.24) is 0 Å². The van der Waals surface area contributed by atoms with Crippen molar-refractivity contribution in [3.05, 3.63) is 72.3 Å². The molecule has 0 aliphatic heterocycles. The first-order valence-electron chi connectivity index (χ1n) is 6.68. The molecule has 1 aliphatic carbocycles. The van der Waals surface area contributed by atoms with Crippen LogP contribution in [0.25, 0.3) is 5.57 Å². The van der Waals surface area contributed by atoms with E-state index in [1.54, 1.807) is 7.11 Å². The van der Waals surface area contributed by atoms with Crippen LogP contribution in [0.3, 0.4) is 0 Å². The number of hydrogen-bond acceptors (Lipinski definition) is 1. The molecule has 0 bridgehead atoms. The first-order chi connectivity index (χ1) is 9.29. The van der Waals surface area contributed by atoms with E-state index in [1.165, 1.54) is 23.1 Å². The van der Waals surface area contributed by atoms with Gasteiger partial charge in [-0.25, -0.2) is 0 Å². The summed E-state index contributed by atoms with van der Waals surface area (Å²) in [6.45, 7) is 4.27. The summed E-state index contributed by atoms with van der Waals surface area (Å²) < 4.78 is 5.20. The highest BCUT2D eigenvalue weighted by atomic mass is 16.5. The van der Waals surface area contributed by atoms with Gasteiger partial charge in [0.15, 0.2) is 0 Å². The summed E-state index contributed by atoms with van der Waals surface area (Å²) in [5.74, 6) is 2.14. The lowest BCUT2D eigenvalue weighted by Gasteiger charge is -2.06. The maximum Gasteiger partial charge on any atom is 0.118 e. The molecule has 0 heterocycles. The number of hydrogen-bond donors (Lipinski definition) is 0. The first-order valence-corrected chi connectivity index (χ1v) is 6.68. The predicted octanol–water partition coefficient (Wildman–Crippen LogP) is 4.51. The molecule has 0 saturated heterocycles. The van der Waals surface area contributed by atoms with Gasteiger partial charge in [-0.1, -0.05) is 49.0 Å². The van der Waals surface area contributed by atoms with E-state index >= 15 is 0 Å². The minimum Gasteiger partial charge on any atom is -0.497 e. The maximum absolute atomic E-state index is 5.20. The fourth-order valence-electron chi connectivity index (χ4n) is 2.67. The fraction of sp³-hybridized carbons (Fsp3) is 0.222. The van der Waals surface area contributed by atoms with Crippen molar-refractivity contribution in [2.24, 2.45) is 5.92 Å². The van der Waals surface area contributed by atoms with E-state index in [9.17, 15) is 0 Å². The molecule has 0 radical (unpaired) electrons. The molecule has 2 atom stereocenters. The molecule has 96 valence electrons. The van der Waals surface area contributed by atoms with Gasteiger partial charge in [0.25, 0.3) is 0 Å². The second-order valence-electron chi connectivity index (χ2n) is 5.11. The van der Waals surface area contributed by atoms with Gasteiger partial charge in [0.05, 0.1) is 7.11 Å². The highest BCUT2D eigenvalue weighted by molar-refractivity contribution is 5.69. The Balaban J connectivity index is 1.72. The molecule has 0 unspecified atom stereocenters. The summed E-state index contributed by atoms with van der Waals surface area (Å²) in [5, 5.41) is 0. The highest BCUT2D eigenvalue weighted by Gasteiger charge is 2.40. The average molecular weight is 250 g/mol. The third kappa shape index (κ3) is 2.41. The summed E-state index contributed by atoms with van der Waals surface area (Å²) in [7, 11) is 1.70. The van der Waals surface area contributed by atoms with Gasteiger partial charge in [-0.3, -0.25) is 0 Å². The zero-order valence-electron chi connectivity index (χ0n) is 11.2. The van der Waals surface area contributed by atoms with Crippen LogP contribution in [0.2, 0.25) is 0 Å². The van der Waals surface area contributed by atoms with Crippen LogP contribution in [0.5, 0.6) is 5.75 Å². The number of ether oxygens (including phenoxy) is 1. The molecule has 1 aliphatic rings. The molecule has 0 spiro atoms. The quantitative estimate of drug-likeness (QED) is 0.775. The number of benzene rings is 2. The minimum atomic E-state index is 0.593. The van der Waals surface area contributed by atoms with Crippen LogP contribution in [0.1, 0.15) is 23.5 Å². The average Bonchev–Trinajstić information content (AvgIpc) is 3.28. The molecule has 2 aromatic rings. The van der Waals surface area contributed by atoms with E-state index in [0.29, 0.717) is 11.8 Å². The fourth-order valence-corrected chi connectivity index (χ4v) is 2.67. The molecular weight excluding hydrogens is 232 g/mol. The molecule has 19 heavy (non-hydrogen) atoms. The highest BCUT2D eigenvalue weighted by Crippen LogP contribution is 2.54. The van der Waals surface area contributed by atoms with Crippen LogP contribution in [0.15, 0.2) is 61.2 Å². The van der Waals surface area contributed by atoms with Gasteiger partial charge in [-0.15, -0.1) is 0 Å². The van der Waals surface area contributed by atoms with Gasteiger partial charge < -0.3 is 4.74 Å². The zero-order valence-corrected chi connectivity index (χ0v) is 11.2. The lowest BCUT2D eigenvalue weighted by atomic mass is 10.00. The Morgan fingerprint density at radius 1 is 1.05 bits per heavy atom. The van der Waals surface area contributed by atoms with Gasteiger partial charge in [0.2, 0.25) is 0 Å². The zero-order chi connectivity index (χ0) is 13.2. The summed E-state index contributed by atoms with van der Waals surface area (Å²) in [4.78, 5) is 0. The topological polar surface area (TPSA) is 9.23 Å². The lowest BCUT2D eigenvalue weighted by Crippen LogP contribution is -1.89. The van der Waals surface area contributed by atoms with Gasteiger partial charge in [-0.05, 0) is 47.1 Å². The van der Waals surface area contributed by atoms with E-state index < -0.39 is 0 Å². The van der Waals surface area contributed by atoms with Gasteiger partial charge >= 0.3 is 0 Å². The minimum absolute atomic E-state index is 0.593. The number of methoxy groups -OCH3 is 1. The van der Waals surface area contributed by atoms with E-state index in [2.05, 4.69) is 43.0 Å². The predicted molar refractivity (Wildman–Crippen MR) is 79.3 cm³/mol. The Morgan fingerprint density at radius 2 is 1.74 bits per heavy atom. The molecule has 1 nitrogen and oxygen atoms in total. The SMILES string of the molecule is C=C(c1ccccc1)[C@H]1C[C@@H]1c1ccc(OC)cc1. The van der Waals surface area contributed by atoms with Crippen LogP contribution in [0.4, 0.5) is 0 Å². The first kappa shape index (κ1) is 12.0. The Kier molecular flexibility index (Phi) is 3.12. The molecule has 1 heteroatoms. The van der Waals surface area contributed by atoms with Crippen molar-refractivity contribution < 1.29 is 4.74 Å². The summed E-state index contributed by atoms with van der Waals surface area (Å²) >= 11 is 0.